The maximum atomic E-state index is 14.8. The summed E-state index contributed by atoms with van der Waals surface area (Å²) in [5, 5.41) is 0. The largest absolute Gasteiger partial charge is 0.490 e. The molecule has 2 aliphatic carbocycles. The van der Waals surface area contributed by atoms with Crippen LogP contribution in [0.3, 0.4) is 0 Å². The number of rotatable bonds is 8. The minimum Gasteiger partial charge on any atom is -0.490 e. The number of benzene rings is 2. The van der Waals surface area contributed by atoms with Crippen LogP contribution in [0.4, 0.5) is 4.39 Å². The third-order valence-electron chi connectivity index (χ3n) is 8.05. The van der Waals surface area contributed by atoms with Crippen LogP contribution in [-0.4, -0.2) is 28.8 Å². The summed E-state index contributed by atoms with van der Waals surface area (Å²) in [5.41, 5.74) is 6.04. The van der Waals surface area contributed by atoms with Gasteiger partial charge in [-0.25, -0.2) is 4.39 Å². The van der Waals surface area contributed by atoms with Crippen LogP contribution in [0.5, 0.6) is 5.75 Å². The molecule has 2 aliphatic rings. The van der Waals surface area contributed by atoms with E-state index < -0.39 is 5.82 Å². The number of ketones is 1. The number of aryl methyl sites for hydroxylation is 2. The third-order valence-corrected chi connectivity index (χ3v) is 8.05. The number of halogens is 1. The molecule has 4 nitrogen and oxygen atoms in total. The topological polar surface area (TPSA) is 42.4 Å². The molecular formula is C32H37FN2O2. The van der Waals surface area contributed by atoms with Crippen LogP contribution >= 0.6 is 0 Å². The monoisotopic (exact) mass is 500 g/mol. The van der Waals surface area contributed by atoms with Crippen LogP contribution < -0.4 is 4.74 Å². The van der Waals surface area contributed by atoms with Gasteiger partial charge in [0.1, 0.15) is 11.6 Å². The lowest BCUT2D eigenvalue weighted by molar-refractivity contribution is 0.0985. The number of pyridine rings is 1. The average molecular weight is 501 g/mol. The van der Waals surface area contributed by atoms with Crippen LogP contribution in [0.15, 0.2) is 48.5 Å². The number of fused-ring (bicyclic) bond motifs is 1. The molecule has 1 aromatic heterocycles. The summed E-state index contributed by atoms with van der Waals surface area (Å²) in [7, 11) is 2.18. The Morgan fingerprint density at radius 2 is 1.86 bits per heavy atom. The molecule has 1 saturated carbocycles. The second-order valence-electron chi connectivity index (χ2n) is 10.6. The Morgan fingerprint density at radius 1 is 1.08 bits per heavy atom. The molecule has 194 valence electrons. The van der Waals surface area contributed by atoms with E-state index in [2.05, 4.69) is 36.2 Å². The fourth-order valence-electron chi connectivity index (χ4n) is 6.03. The number of Topliss-reactive ketones (excluding diaryl/α,β-unsaturated/α-hetero) is 1. The Morgan fingerprint density at radius 3 is 2.65 bits per heavy atom. The molecule has 5 rings (SSSR count). The van der Waals surface area contributed by atoms with Gasteiger partial charge in [-0.2, -0.15) is 0 Å². The van der Waals surface area contributed by atoms with Crippen LogP contribution in [-0.2, 0) is 13.0 Å². The maximum Gasteiger partial charge on any atom is 0.166 e. The van der Waals surface area contributed by atoms with E-state index in [4.69, 9.17) is 9.72 Å². The molecule has 0 N–H and O–H groups in total. The Kier molecular flexibility index (Phi) is 7.71. The van der Waals surface area contributed by atoms with E-state index in [1.807, 2.05) is 13.0 Å². The van der Waals surface area contributed by atoms with E-state index in [-0.39, 0.29) is 23.9 Å². The molecule has 0 amide bonds. The molecule has 0 radical (unpaired) electrons. The van der Waals surface area contributed by atoms with Crippen LogP contribution in [0.25, 0.3) is 11.3 Å². The second kappa shape index (κ2) is 11.1. The maximum absolute atomic E-state index is 14.8. The first-order valence-corrected chi connectivity index (χ1v) is 13.7. The van der Waals surface area contributed by atoms with Gasteiger partial charge in [-0.1, -0.05) is 43.3 Å². The summed E-state index contributed by atoms with van der Waals surface area (Å²) in [6.45, 7) is 4.47. The van der Waals surface area contributed by atoms with Gasteiger partial charge in [-0.05, 0) is 76.1 Å². The Bertz CT molecular complexity index is 1280. The minimum atomic E-state index is -0.498. The average Bonchev–Trinajstić information content (AvgIpc) is 3.42. The van der Waals surface area contributed by atoms with E-state index in [1.54, 1.807) is 19.1 Å². The van der Waals surface area contributed by atoms with Gasteiger partial charge in [0, 0.05) is 41.9 Å². The second-order valence-corrected chi connectivity index (χ2v) is 10.6. The Labute approximate surface area is 219 Å². The summed E-state index contributed by atoms with van der Waals surface area (Å²) in [5.74, 6) is 0.0944. The van der Waals surface area contributed by atoms with Gasteiger partial charge in [0.2, 0.25) is 0 Å². The van der Waals surface area contributed by atoms with Crippen molar-refractivity contribution in [2.45, 2.75) is 83.9 Å². The van der Waals surface area contributed by atoms with Gasteiger partial charge in [-0.15, -0.1) is 0 Å². The van der Waals surface area contributed by atoms with Gasteiger partial charge in [0.05, 0.1) is 17.4 Å². The molecular weight excluding hydrogens is 463 g/mol. The minimum absolute atomic E-state index is 0.118. The lowest BCUT2D eigenvalue weighted by Gasteiger charge is -2.34. The fraction of sp³-hybridized carbons (Fsp3) is 0.438. The van der Waals surface area contributed by atoms with Gasteiger partial charge in [0.25, 0.3) is 0 Å². The summed E-state index contributed by atoms with van der Waals surface area (Å²) >= 11 is 0. The predicted octanol–water partition coefficient (Wildman–Crippen LogP) is 7.62. The molecule has 1 fully saturated rings. The van der Waals surface area contributed by atoms with Crippen molar-refractivity contribution in [2.75, 3.05) is 7.05 Å². The number of carbonyl (C=O) groups is 1. The van der Waals surface area contributed by atoms with E-state index in [0.717, 1.165) is 42.7 Å². The highest BCUT2D eigenvalue weighted by Gasteiger charge is 2.27. The SMILES string of the molecule is CCC(=O)c1c(F)cccc1-c1cc(OC2CCCC2)c(CN(C)C2CCCc3ccccc32)c(C)n1. The van der Waals surface area contributed by atoms with Crippen molar-refractivity contribution >= 4 is 5.78 Å². The van der Waals surface area contributed by atoms with E-state index in [1.165, 1.54) is 36.5 Å². The zero-order valence-electron chi connectivity index (χ0n) is 22.2. The number of hydrogen-bond acceptors (Lipinski definition) is 4. The molecule has 3 aromatic rings. The van der Waals surface area contributed by atoms with Gasteiger partial charge in [0.15, 0.2) is 5.78 Å². The molecule has 2 aromatic carbocycles. The van der Waals surface area contributed by atoms with Gasteiger partial charge in [-0.3, -0.25) is 14.7 Å². The summed E-state index contributed by atoms with van der Waals surface area (Å²) < 4.78 is 21.4. The molecule has 5 heteroatoms. The fourth-order valence-corrected chi connectivity index (χ4v) is 6.03. The van der Waals surface area contributed by atoms with Gasteiger partial charge >= 0.3 is 0 Å². The van der Waals surface area contributed by atoms with Crippen LogP contribution in [0.2, 0.25) is 0 Å². The van der Waals surface area contributed by atoms with Crippen molar-refractivity contribution in [3.63, 3.8) is 0 Å². The standard InChI is InChI=1S/C32H37FN2O2/c1-4-30(36)32-25(16-10-17-27(32)33)28-19-31(37-23-13-6-7-14-23)26(21(2)34-28)20-35(3)29-18-9-12-22-11-5-8-15-24(22)29/h5,8,10-11,15-17,19,23,29H,4,6-7,9,12-14,18,20H2,1-3H3. The number of ether oxygens (including phenoxy) is 1. The number of aromatic nitrogens is 1. The van der Waals surface area contributed by atoms with E-state index in [9.17, 15) is 9.18 Å². The summed E-state index contributed by atoms with van der Waals surface area (Å²) in [4.78, 5) is 20.0. The van der Waals surface area contributed by atoms with Crippen LogP contribution in [0.1, 0.15) is 90.7 Å². The van der Waals surface area contributed by atoms with Crippen molar-refractivity contribution in [2.24, 2.45) is 0 Å². The number of nitrogens with zero attached hydrogens (tertiary/aromatic N) is 2. The van der Waals surface area contributed by atoms with Crippen molar-refractivity contribution in [1.29, 1.82) is 0 Å². The van der Waals surface area contributed by atoms with E-state index >= 15 is 0 Å². The lowest BCUT2D eigenvalue weighted by atomic mass is 9.87. The molecule has 0 spiro atoms. The molecule has 1 heterocycles. The summed E-state index contributed by atoms with van der Waals surface area (Å²) in [6.07, 6.45) is 8.30. The quantitative estimate of drug-likeness (QED) is 0.298. The number of hydrogen-bond donors (Lipinski definition) is 0. The predicted molar refractivity (Wildman–Crippen MR) is 145 cm³/mol. The molecule has 0 saturated heterocycles. The molecule has 1 unspecified atom stereocenters. The van der Waals surface area contributed by atoms with Crippen molar-refractivity contribution in [3.05, 3.63) is 82.3 Å². The van der Waals surface area contributed by atoms with Crippen molar-refractivity contribution in [3.8, 4) is 17.0 Å². The Hall–Kier alpha value is -3.05. The zero-order chi connectivity index (χ0) is 25.9. The highest BCUT2D eigenvalue weighted by molar-refractivity contribution is 6.02. The van der Waals surface area contributed by atoms with Crippen molar-refractivity contribution < 1.29 is 13.9 Å². The summed E-state index contributed by atoms with van der Waals surface area (Å²) in [6, 6.07) is 15.8. The molecule has 1 atom stereocenters. The highest BCUT2D eigenvalue weighted by Crippen LogP contribution is 2.38. The molecule has 0 aliphatic heterocycles. The smallest absolute Gasteiger partial charge is 0.166 e. The first kappa shape index (κ1) is 25.6. The first-order valence-electron chi connectivity index (χ1n) is 13.7. The third kappa shape index (κ3) is 5.33. The van der Waals surface area contributed by atoms with Crippen molar-refractivity contribution in [1.82, 2.24) is 9.88 Å². The molecule has 37 heavy (non-hydrogen) atoms. The zero-order valence-corrected chi connectivity index (χ0v) is 22.2. The number of carbonyl (C=O) groups excluding carboxylic acids is 1. The molecule has 0 bridgehead atoms. The first-order chi connectivity index (χ1) is 18.0. The van der Waals surface area contributed by atoms with Gasteiger partial charge < -0.3 is 4.74 Å². The normalized spacial score (nSPS) is 17.7. The Balaban J connectivity index is 1.53. The highest BCUT2D eigenvalue weighted by atomic mass is 19.1. The lowest BCUT2D eigenvalue weighted by Crippen LogP contribution is -2.28. The van der Waals surface area contributed by atoms with E-state index in [0.29, 0.717) is 23.8 Å². The van der Waals surface area contributed by atoms with Crippen LogP contribution in [0, 0.1) is 12.7 Å².